The highest BCUT2D eigenvalue weighted by Gasteiger charge is 2.50. The lowest BCUT2D eigenvalue weighted by atomic mass is 9.84. The number of ether oxygens (including phenoxy) is 2. The molecule has 0 amide bonds. The molecule has 30 heavy (non-hydrogen) atoms. The number of benzene rings is 1. The Morgan fingerprint density at radius 1 is 1.10 bits per heavy atom. The monoisotopic (exact) mass is 426 g/mol. The summed E-state index contributed by atoms with van der Waals surface area (Å²) in [6.07, 6.45) is -7.44. The molecule has 1 heterocycles. The summed E-state index contributed by atoms with van der Waals surface area (Å²) >= 11 is 0. The van der Waals surface area contributed by atoms with E-state index in [2.05, 4.69) is 0 Å². The molecule has 1 saturated heterocycles. The Morgan fingerprint density at radius 3 is 2.37 bits per heavy atom. The van der Waals surface area contributed by atoms with Gasteiger partial charge < -0.3 is 40.1 Å². The van der Waals surface area contributed by atoms with Crippen LogP contribution in [0.2, 0.25) is 0 Å². The normalized spacial score (nSPS) is 36.2. The van der Waals surface area contributed by atoms with Gasteiger partial charge in [-0.2, -0.15) is 0 Å². The third-order valence-corrected chi connectivity index (χ3v) is 6.42. The number of rotatable bonds is 6. The first-order chi connectivity index (χ1) is 14.1. The Balaban J connectivity index is 1.76. The maximum Gasteiger partial charge on any atom is 0.186 e. The molecule has 0 aromatic heterocycles. The van der Waals surface area contributed by atoms with Crippen molar-refractivity contribution in [1.82, 2.24) is 0 Å². The van der Waals surface area contributed by atoms with Crippen molar-refractivity contribution < 1.29 is 44.9 Å². The molecule has 0 bridgehead atoms. The Hall–Kier alpha value is -1.43. The van der Waals surface area contributed by atoms with Crippen LogP contribution in [-0.2, 0) is 15.9 Å². The number of hydrogen-bond acceptors (Lipinski definition) is 9. The summed E-state index contributed by atoms with van der Waals surface area (Å²) in [5.74, 6) is -0.305. The molecule has 1 aliphatic carbocycles. The van der Waals surface area contributed by atoms with Crippen LogP contribution in [0.1, 0.15) is 45.6 Å². The molecule has 1 aromatic rings. The second-order valence-electron chi connectivity index (χ2n) is 8.39. The first kappa shape index (κ1) is 23.2. The molecule has 1 aliphatic heterocycles. The van der Waals surface area contributed by atoms with Crippen molar-refractivity contribution in [3.8, 4) is 0 Å². The first-order valence-corrected chi connectivity index (χ1v) is 9.97. The summed E-state index contributed by atoms with van der Waals surface area (Å²) in [6.45, 7) is 4.25. The van der Waals surface area contributed by atoms with Crippen LogP contribution in [0.5, 0.6) is 0 Å². The van der Waals surface area contributed by atoms with Crippen LogP contribution in [0.4, 0.5) is 0 Å². The fraction of sp³-hybridized carbons (Fsp3) is 0.667. The summed E-state index contributed by atoms with van der Waals surface area (Å²) < 4.78 is 10.9. The van der Waals surface area contributed by atoms with E-state index in [4.69, 9.17) is 9.47 Å². The zero-order chi connectivity index (χ0) is 22.4. The molecule has 9 nitrogen and oxygen atoms in total. The maximum atomic E-state index is 12.9. The van der Waals surface area contributed by atoms with Crippen LogP contribution in [0, 0.1) is 19.3 Å². The Bertz CT molecular complexity index is 808. The first-order valence-electron chi connectivity index (χ1n) is 9.97. The molecule has 0 unspecified atom stereocenters. The number of fused-ring (bicyclic) bond motifs is 1. The van der Waals surface area contributed by atoms with Crippen molar-refractivity contribution in [3.05, 3.63) is 33.9 Å². The molecule has 6 N–H and O–H groups in total. The standard InChI is InChI=1S/C21H30O9/c1-9-6-12-14(19(28)21(3,8-23)18(12)27)10(2)11(9)4-5-29-20-17(26)16(25)15(24)13(7-22)30-20/h6,13,15-18,20,22-27H,4-5,7-8H2,1-3H3/t13-,15+,16-,17+,18+,20-,21+/m1/s1. The van der Waals surface area contributed by atoms with E-state index in [0.29, 0.717) is 23.1 Å². The van der Waals surface area contributed by atoms with Gasteiger partial charge in [-0.25, -0.2) is 0 Å². The minimum absolute atomic E-state index is 0.0805. The number of ketones is 1. The predicted octanol–water partition coefficient (Wildman–Crippen LogP) is -1.11. The summed E-state index contributed by atoms with van der Waals surface area (Å²) in [4.78, 5) is 12.9. The molecule has 0 spiro atoms. The summed E-state index contributed by atoms with van der Waals surface area (Å²) in [6, 6.07) is 1.75. The molecule has 3 rings (SSSR count). The van der Waals surface area contributed by atoms with Crippen molar-refractivity contribution in [2.45, 2.75) is 64.0 Å². The van der Waals surface area contributed by atoms with E-state index in [9.17, 15) is 35.4 Å². The number of aryl methyl sites for hydroxylation is 1. The van der Waals surface area contributed by atoms with Crippen LogP contribution >= 0.6 is 0 Å². The van der Waals surface area contributed by atoms with Crippen molar-refractivity contribution in [2.24, 2.45) is 5.41 Å². The van der Waals surface area contributed by atoms with Gasteiger partial charge in [0.15, 0.2) is 12.1 Å². The topological polar surface area (TPSA) is 157 Å². The maximum absolute atomic E-state index is 12.9. The van der Waals surface area contributed by atoms with Crippen LogP contribution in [0.25, 0.3) is 0 Å². The highest BCUT2D eigenvalue weighted by Crippen LogP contribution is 2.47. The molecule has 9 heteroatoms. The van der Waals surface area contributed by atoms with Crippen molar-refractivity contribution in [3.63, 3.8) is 0 Å². The van der Waals surface area contributed by atoms with E-state index in [1.807, 2.05) is 6.92 Å². The fourth-order valence-electron chi connectivity index (χ4n) is 4.35. The lowest BCUT2D eigenvalue weighted by Gasteiger charge is -2.39. The number of aliphatic hydroxyl groups is 6. The lowest BCUT2D eigenvalue weighted by Crippen LogP contribution is -2.59. The van der Waals surface area contributed by atoms with Gasteiger partial charge in [0.05, 0.1) is 31.3 Å². The minimum atomic E-state index is -1.51. The Labute approximate surface area is 174 Å². The van der Waals surface area contributed by atoms with Gasteiger partial charge >= 0.3 is 0 Å². The second kappa shape index (κ2) is 8.60. The van der Waals surface area contributed by atoms with E-state index < -0.39 is 55.4 Å². The number of Topliss-reactive ketones (excluding diaryl/α,β-unsaturated/α-hetero) is 1. The van der Waals surface area contributed by atoms with Crippen LogP contribution in [0.3, 0.4) is 0 Å². The van der Waals surface area contributed by atoms with Gasteiger partial charge in [0.25, 0.3) is 0 Å². The minimum Gasteiger partial charge on any atom is -0.395 e. The number of hydrogen-bond donors (Lipinski definition) is 6. The third-order valence-electron chi connectivity index (χ3n) is 6.42. The third kappa shape index (κ3) is 3.59. The molecule has 1 aromatic carbocycles. The molecule has 7 atom stereocenters. The molecular weight excluding hydrogens is 396 g/mol. The lowest BCUT2D eigenvalue weighted by molar-refractivity contribution is -0.300. The van der Waals surface area contributed by atoms with Gasteiger partial charge in [-0.15, -0.1) is 0 Å². The van der Waals surface area contributed by atoms with Crippen LogP contribution in [-0.4, -0.2) is 86.9 Å². The molecule has 1 fully saturated rings. The summed E-state index contributed by atoms with van der Waals surface area (Å²) in [5, 5.41) is 59.2. The number of aliphatic hydroxyl groups excluding tert-OH is 6. The molecule has 168 valence electrons. The van der Waals surface area contributed by atoms with Gasteiger partial charge in [0, 0.05) is 5.56 Å². The smallest absolute Gasteiger partial charge is 0.186 e. The van der Waals surface area contributed by atoms with Gasteiger partial charge in [0.2, 0.25) is 0 Å². The second-order valence-corrected chi connectivity index (χ2v) is 8.39. The van der Waals surface area contributed by atoms with E-state index in [-0.39, 0.29) is 12.4 Å². The highest BCUT2D eigenvalue weighted by molar-refractivity contribution is 6.07. The predicted molar refractivity (Wildman–Crippen MR) is 104 cm³/mol. The van der Waals surface area contributed by atoms with E-state index in [1.54, 1.807) is 13.0 Å². The zero-order valence-electron chi connectivity index (χ0n) is 17.3. The largest absolute Gasteiger partial charge is 0.395 e. The van der Waals surface area contributed by atoms with E-state index >= 15 is 0 Å². The SMILES string of the molecule is Cc1cc2c(c(C)c1CCO[C@@H]1O[C@H](CO)[C@H](O)[C@@H](O)[C@@H]1O)C(=O)[C@@](C)(CO)[C@H]2O. The average Bonchev–Trinajstić information content (AvgIpc) is 2.91. The molecular formula is C21H30O9. The summed E-state index contributed by atoms with van der Waals surface area (Å²) in [5.41, 5.74) is 2.02. The fourth-order valence-corrected chi connectivity index (χ4v) is 4.35. The van der Waals surface area contributed by atoms with Crippen molar-refractivity contribution in [1.29, 1.82) is 0 Å². The quantitative estimate of drug-likeness (QED) is 0.332. The molecule has 0 radical (unpaired) electrons. The Morgan fingerprint density at radius 2 is 1.77 bits per heavy atom. The van der Waals surface area contributed by atoms with Crippen molar-refractivity contribution >= 4 is 5.78 Å². The highest BCUT2D eigenvalue weighted by atomic mass is 16.7. The zero-order valence-corrected chi connectivity index (χ0v) is 17.3. The number of carbonyl (C=O) groups excluding carboxylic acids is 1. The van der Waals surface area contributed by atoms with Gasteiger partial charge in [-0.1, -0.05) is 6.07 Å². The number of carbonyl (C=O) groups is 1. The van der Waals surface area contributed by atoms with Crippen LogP contribution in [0.15, 0.2) is 6.07 Å². The van der Waals surface area contributed by atoms with Gasteiger partial charge in [0.1, 0.15) is 24.4 Å². The molecule has 2 aliphatic rings. The van der Waals surface area contributed by atoms with Gasteiger partial charge in [-0.05, 0) is 49.4 Å². The van der Waals surface area contributed by atoms with Crippen LogP contribution < -0.4 is 0 Å². The molecule has 0 saturated carbocycles. The van der Waals surface area contributed by atoms with Crippen molar-refractivity contribution in [2.75, 3.05) is 19.8 Å². The van der Waals surface area contributed by atoms with E-state index in [0.717, 1.165) is 11.1 Å². The van der Waals surface area contributed by atoms with E-state index in [1.165, 1.54) is 6.92 Å². The van der Waals surface area contributed by atoms with Gasteiger partial charge in [-0.3, -0.25) is 4.79 Å². The average molecular weight is 426 g/mol. The Kier molecular flexibility index (Phi) is 6.66. The summed E-state index contributed by atoms with van der Waals surface area (Å²) in [7, 11) is 0.